The lowest BCUT2D eigenvalue weighted by Gasteiger charge is -2.21. The molecule has 0 spiro atoms. The van der Waals surface area contributed by atoms with Crippen LogP contribution in [0.1, 0.15) is 29.3 Å². The van der Waals surface area contributed by atoms with Crippen LogP contribution >= 0.6 is 0 Å². The number of likely N-dealkylation sites (N-methyl/N-ethyl adjacent to an activating group) is 1. The fraction of sp³-hybridized carbons (Fsp3) is 0.429. The fourth-order valence-electron chi connectivity index (χ4n) is 1.88. The Hall–Kier alpha value is -1.95. The van der Waals surface area contributed by atoms with Crippen molar-refractivity contribution < 1.29 is 19.1 Å². The highest BCUT2D eigenvalue weighted by molar-refractivity contribution is 5.87. The number of carboxylic acids is 1. The number of nitrogens with zero attached hydrogens (tertiary/aromatic N) is 1. The molecule has 0 saturated heterocycles. The first kappa shape index (κ1) is 16.1. The van der Waals surface area contributed by atoms with E-state index in [-0.39, 0.29) is 30.1 Å². The van der Waals surface area contributed by atoms with E-state index in [1.165, 1.54) is 19.2 Å². The molecule has 0 fully saturated rings. The van der Waals surface area contributed by atoms with Crippen molar-refractivity contribution in [2.24, 2.45) is 0 Å². The maximum absolute atomic E-state index is 13.7. The van der Waals surface area contributed by atoms with Crippen molar-refractivity contribution in [1.82, 2.24) is 10.2 Å². The van der Waals surface area contributed by atoms with E-state index in [0.29, 0.717) is 6.54 Å². The standard InChI is InChI=1S/C14H19FN2O3/c1-3-6-17(9-13(18)16-2)8-11-7-10(14(19)20)4-5-12(11)15/h4-5,7H,3,6,8-9H2,1-2H3,(H,16,18)(H,19,20). The van der Waals surface area contributed by atoms with E-state index in [2.05, 4.69) is 5.32 Å². The van der Waals surface area contributed by atoms with Crippen LogP contribution in [0, 0.1) is 5.82 Å². The summed E-state index contributed by atoms with van der Waals surface area (Å²) in [6.07, 6.45) is 0.817. The fourth-order valence-corrected chi connectivity index (χ4v) is 1.88. The summed E-state index contributed by atoms with van der Waals surface area (Å²) >= 11 is 0. The maximum atomic E-state index is 13.7. The van der Waals surface area contributed by atoms with Crippen LogP contribution in [0.2, 0.25) is 0 Å². The molecule has 20 heavy (non-hydrogen) atoms. The molecule has 0 aliphatic carbocycles. The van der Waals surface area contributed by atoms with Gasteiger partial charge in [-0.2, -0.15) is 0 Å². The number of carboxylic acid groups (broad SMARTS) is 1. The van der Waals surface area contributed by atoms with Gasteiger partial charge in [-0.15, -0.1) is 0 Å². The third-order valence-corrected chi connectivity index (χ3v) is 2.87. The van der Waals surface area contributed by atoms with Crippen LogP contribution in [0.3, 0.4) is 0 Å². The Kier molecular flexibility index (Phi) is 6.11. The van der Waals surface area contributed by atoms with Crippen molar-refractivity contribution >= 4 is 11.9 Å². The van der Waals surface area contributed by atoms with Crippen molar-refractivity contribution in [3.8, 4) is 0 Å². The molecule has 1 aromatic rings. The zero-order valence-electron chi connectivity index (χ0n) is 11.6. The first-order valence-electron chi connectivity index (χ1n) is 6.42. The van der Waals surface area contributed by atoms with Crippen molar-refractivity contribution in [1.29, 1.82) is 0 Å². The highest BCUT2D eigenvalue weighted by atomic mass is 19.1. The van der Waals surface area contributed by atoms with Gasteiger partial charge in [0.2, 0.25) is 5.91 Å². The Bertz CT molecular complexity index is 491. The Morgan fingerprint density at radius 2 is 2.10 bits per heavy atom. The van der Waals surface area contributed by atoms with Crippen molar-refractivity contribution in [2.75, 3.05) is 20.1 Å². The second-order valence-corrected chi connectivity index (χ2v) is 4.50. The third kappa shape index (κ3) is 4.62. The molecule has 0 unspecified atom stereocenters. The van der Waals surface area contributed by atoms with Gasteiger partial charge < -0.3 is 10.4 Å². The molecule has 1 aromatic carbocycles. The minimum absolute atomic E-state index is 0.0396. The summed E-state index contributed by atoms with van der Waals surface area (Å²) in [6.45, 7) is 2.94. The zero-order chi connectivity index (χ0) is 15.1. The molecule has 0 saturated carbocycles. The smallest absolute Gasteiger partial charge is 0.335 e. The molecule has 0 radical (unpaired) electrons. The molecule has 1 rings (SSSR count). The topological polar surface area (TPSA) is 69.6 Å². The molecule has 110 valence electrons. The van der Waals surface area contributed by atoms with Gasteiger partial charge in [0.05, 0.1) is 12.1 Å². The highest BCUT2D eigenvalue weighted by Crippen LogP contribution is 2.13. The predicted molar refractivity (Wildman–Crippen MR) is 73.0 cm³/mol. The molecule has 2 N–H and O–H groups in total. The van der Waals surface area contributed by atoms with Crippen LogP contribution in [-0.4, -0.2) is 42.0 Å². The lowest BCUT2D eigenvalue weighted by molar-refractivity contribution is -0.121. The first-order chi connectivity index (χ1) is 9.47. The molecule has 0 heterocycles. The zero-order valence-corrected chi connectivity index (χ0v) is 11.6. The Morgan fingerprint density at radius 3 is 2.65 bits per heavy atom. The molecule has 5 nitrogen and oxygen atoms in total. The van der Waals surface area contributed by atoms with Crippen molar-refractivity contribution in [3.63, 3.8) is 0 Å². The number of benzene rings is 1. The predicted octanol–water partition coefficient (Wildman–Crippen LogP) is 1.48. The average molecular weight is 282 g/mol. The van der Waals surface area contributed by atoms with Crippen LogP contribution in [0.15, 0.2) is 18.2 Å². The number of nitrogens with one attached hydrogen (secondary N) is 1. The maximum Gasteiger partial charge on any atom is 0.335 e. The lowest BCUT2D eigenvalue weighted by Crippen LogP contribution is -2.35. The minimum atomic E-state index is -1.10. The largest absolute Gasteiger partial charge is 0.478 e. The number of hydrogen-bond donors (Lipinski definition) is 2. The molecule has 0 aliphatic heterocycles. The van der Waals surface area contributed by atoms with Gasteiger partial charge in [0.25, 0.3) is 0 Å². The summed E-state index contributed by atoms with van der Waals surface area (Å²) in [7, 11) is 1.54. The molecule has 0 aromatic heterocycles. The normalized spacial score (nSPS) is 10.6. The monoisotopic (exact) mass is 282 g/mol. The Morgan fingerprint density at radius 1 is 1.40 bits per heavy atom. The van der Waals surface area contributed by atoms with E-state index in [0.717, 1.165) is 12.5 Å². The van der Waals surface area contributed by atoms with Crippen LogP contribution in [0.5, 0.6) is 0 Å². The Labute approximate surface area is 117 Å². The second-order valence-electron chi connectivity index (χ2n) is 4.50. The van der Waals surface area contributed by atoms with Crippen molar-refractivity contribution in [3.05, 3.63) is 35.1 Å². The third-order valence-electron chi connectivity index (χ3n) is 2.87. The molecular formula is C14H19FN2O3. The summed E-state index contributed by atoms with van der Waals surface area (Å²) in [4.78, 5) is 24.1. The number of carbonyl (C=O) groups excluding carboxylic acids is 1. The van der Waals surface area contributed by atoms with Gasteiger partial charge in [-0.05, 0) is 31.2 Å². The van der Waals surface area contributed by atoms with Crippen LogP contribution in [-0.2, 0) is 11.3 Å². The molecule has 0 aliphatic rings. The lowest BCUT2D eigenvalue weighted by atomic mass is 10.1. The van der Waals surface area contributed by atoms with Gasteiger partial charge in [0.1, 0.15) is 5.82 Å². The van der Waals surface area contributed by atoms with Gasteiger partial charge in [-0.3, -0.25) is 9.69 Å². The van der Waals surface area contributed by atoms with Gasteiger partial charge >= 0.3 is 5.97 Å². The summed E-state index contributed by atoms with van der Waals surface area (Å²) in [5, 5.41) is 11.4. The van der Waals surface area contributed by atoms with E-state index in [1.807, 2.05) is 6.92 Å². The summed E-state index contributed by atoms with van der Waals surface area (Å²) in [5.74, 6) is -1.72. The van der Waals surface area contributed by atoms with Gasteiger partial charge in [-0.25, -0.2) is 9.18 Å². The highest BCUT2D eigenvalue weighted by Gasteiger charge is 2.14. The molecule has 6 heteroatoms. The van der Waals surface area contributed by atoms with E-state index in [9.17, 15) is 14.0 Å². The van der Waals surface area contributed by atoms with Crippen LogP contribution < -0.4 is 5.32 Å². The molecule has 0 bridgehead atoms. The first-order valence-corrected chi connectivity index (χ1v) is 6.42. The second kappa shape index (κ2) is 7.59. The molecule has 1 amide bonds. The minimum Gasteiger partial charge on any atom is -0.478 e. The number of rotatable bonds is 7. The van der Waals surface area contributed by atoms with E-state index < -0.39 is 11.8 Å². The number of amides is 1. The van der Waals surface area contributed by atoms with E-state index in [1.54, 1.807) is 4.90 Å². The van der Waals surface area contributed by atoms with Crippen molar-refractivity contribution in [2.45, 2.75) is 19.9 Å². The Balaban J connectivity index is 2.89. The SMILES string of the molecule is CCCN(CC(=O)NC)Cc1cc(C(=O)O)ccc1F. The molecule has 0 atom stereocenters. The number of halogens is 1. The summed E-state index contributed by atoms with van der Waals surface area (Å²) in [5.41, 5.74) is 0.319. The number of aromatic carboxylic acids is 1. The average Bonchev–Trinajstić information content (AvgIpc) is 2.41. The van der Waals surface area contributed by atoms with Gasteiger partial charge in [0.15, 0.2) is 0 Å². The molecular weight excluding hydrogens is 263 g/mol. The quantitative estimate of drug-likeness (QED) is 0.795. The van der Waals surface area contributed by atoms with E-state index >= 15 is 0 Å². The van der Waals surface area contributed by atoms with E-state index in [4.69, 9.17) is 5.11 Å². The summed E-state index contributed by atoms with van der Waals surface area (Å²) in [6, 6.07) is 3.68. The number of carbonyl (C=O) groups is 2. The summed E-state index contributed by atoms with van der Waals surface area (Å²) < 4.78 is 13.7. The van der Waals surface area contributed by atoms with Gasteiger partial charge in [0, 0.05) is 19.2 Å². The van der Waals surface area contributed by atoms with Crippen LogP contribution in [0.4, 0.5) is 4.39 Å². The number of hydrogen-bond acceptors (Lipinski definition) is 3. The van der Waals surface area contributed by atoms with Gasteiger partial charge in [-0.1, -0.05) is 6.92 Å². The van der Waals surface area contributed by atoms with Crippen LogP contribution in [0.25, 0.3) is 0 Å².